The maximum Gasteiger partial charge on any atom is 0.311 e. The highest BCUT2D eigenvalue weighted by atomic mass is 16.6. The minimum absolute atomic E-state index is 0.344. The average molecular weight is 287 g/mol. The number of hydrogen-bond acceptors (Lipinski definition) is 7. The summed E-state index contributed by atoms with van der Waals surface area (Å²) >= 11 is 0. The van der Waals surface area contributed by atoms with Crippen molar-refractivity contribution in [3.8, 4) is 5.75 Å². The van der Waals surface area contributed by atoms with Crippen LogP contribution in [0.2, 0.25) is 0 Å². The molecule has 0 spiro atoms. The van der Waals surface area contributed by atoms with Crippen molar-refractivity contribution in [2.24, 2.45) is 5.10 Å². The molecule has 0 aliphatic rings. The van der Waals surface area contributed by atoms with Crippen LogP contribution in [0, 0.1) is 24.0 Å². The number of benzene rings is 1. The lowest BCUT2D eigenvalue weighted by Crippen LogP contribution is -1.99. The molecule has 0 saturated heterocycles. The summed E-state index contributed by atoms with van der Waals surface area (Å²) < 4.78 is 0. The minimum Gasteiger partial charge on any atom is -0.502 e. The van der Waals surface area contributed by atoms with Crippen LogP contribution in [0.4, 0.5) is 11.6 Å². The van der Waals surface area contributed by atoms with Crippen LogP contribution < -0.4 is 5.43 Å². The first-order valence-electron chi connectivity index (χ1n) is 6.04. The van der Waals surface area contributed by atoms with Crippen LogP contribution >= 0.6 is 0 Å². The highest BCUT2D eigenvalue weighted by Crippen LogP contribution is 2.25. The predicted molar refractivity (Wildman–Crippen MR) is 77.5 cm³/mol. The van der Waals surface area contributed by atoms with Crippen molar-refractivity contribution in [2.75, 3.05) is 5.43 Å². The van der Waals surface area contributed by atoms with Gasteiger partial charge in [-0.25, -0.2) is 15.4 Å². The van der Waals surface area contributed by atoms with E-state index < -0.39 is 4.92 Å². The summed E-state index contributed by atoms with van der Waals surface area (Å²) in [6.07, 6.45) is 1.38. The van der Waals surface area contributed by atoms with Gasteiger partial charge in [0.25, 0.3) is 0 Å². The molecule has 0 aliphatic heterocycles. The van der Waals surface area contributed by atoms with Gasteiger partial charge >= 0.3 is 5.69 Å². The lowest BCUT2D eigenvalue weighted by Gasteiger charge is -2.01. The van der Waals surface area contributed by atoms with Crippen LogP contribution in [0.5, 0.6) is 5.75 Å². The van der Waals surface area contributed by atoms with E-state index in [0.29, 0.717) is 11.5 Å². The van der Waals surface area contributed by atoms with E-state index in [1.807, 2.05) is 19.9 Å². The molecule has 2 aromatic rings. The summed E-state index contributed by atoms with van der Waals surface area (Å²) in [5, 5.41) is 24.0. The molecule has 108 valence electrons. The van der Waals surface area contributed by atoms with E-state index >= 15 is 0 Å². The molecule has 1 heterocycles. The average Bonchev–Trinajstić information content (AvgIpc) is 2.39. The second-order valence-corrected chi connectivity index (χ2v) is 4.35. The molecule has 8 nitrogen and oxygen atoms in total. The van der Waals surface area contributed by atoms with E-state index in [4.69, 9.17) is 0 Å². The van der Waals surface area contributed by atoms with Crippen molar-refractivity contribution in [1.82, 2.24) is 9.97 Å². The van der Waals surface area contributed by atoms with Gasteiger partial charge in [0.15, 0.2) is 5.75 Å². The first kappa shape index (κ1) is 14.4. The van der Waals surface area contributed by atoms with Crippen LogP contribution in [0.3, 0.4) is 0 Å². The summed E-state index contributed by atoms with van der Waals surface area (Å²) in [5.41, 5.74) is 4.36. The molecule has 1 aromatic carbocycles. The Morgan fingerprint density at radius 2 is 1.95 bits per heavy atom. The van der Waals surface area contributed by atoms with Gasteiger partial charge in [0.05, 0.1) is 11.1 Å². The third-order valence-electron chi connectivity index (χ3n) is 2.56. The van der Waals surface area contributed by atoms with Crippen molar-refractivity contribution in [2.45, 2.75) is 13.8 Å². The molecular formula is C13H13N5O3. The normalized spacial score (nSPS) is 10.8. The van der Waals surface area contributed by atoms with E-state index in [1.165, 1.54) is 24.4 Å². The first-order valence-corrected chi connectivity index (χ1v) is 6.04. The second kappa shape index (κ2) is 5.95. The van der Waals surface area contributed by atoms with E-state index in [-0.39, 0.29) is 11.4 Å². The van der Waals surface area contributed by atoms with E-state index in [1.54, 1.807) is 0 Å². The van der Waals surface area contributed by atoms with Gasteiger partial charge in [0, 0.05) is 23.0 Å². The monoisotopic (exact) mass is 287 g/mol. The summed E-state index contributed by atoms with van der Waals surface area (Å²) in [6.45, 7) is 3.68. The Hall–Kier alpha value is -3.03. The quantitative estimate of drug-likeness (QED) is 0.506. The molecule has 2 N–H and O–H groups in total. The number of anilines is 1. The number of hydrogen-bond donors (Lipinski definition) is 2. The topological polar surface area (TPSA) is 114 Å². The fourth-order valence-electron chi connectivity index (χ4n) is 1.71. The Labute approximate surface area is 120 Å². The highest BCUT2D eigenvalue weighted by Gasteiger charge is 2.12. The molecule has 21 heavy (non-hydrogen) atoms. The van der Waals surface area contributed by atoms with Gasteiger partial charge in [-0.05, 0) is 32.0 Å². The number of phenols is 1. The lowest BCUT2D eigenvalue weighted by molar-refractivity contribution is -0.385. The van der Waals surface area contributed by atoms with Crippen LogP contribution in [0.15, 0.2) is 29.4 Å². The largest absolute Gasteiger partial charge is 0.502 e. The number of phenolic OH excluding ortho intramolecular Hbond substituents is 1. The zero-order chi connectivity index (χ0) is 15.4. The number of aryl methyl sites for hydroxylation is 2. The molecule has 2 rings (SSSR count). The molecule has 0 unspecified atom stereocenters. The molecule has 0 saturated carbocycles. The minimum atomic E-state index is -0.660. The van der Waals surface area contributed by atoms with Gasteiger partial charge in [-0.2, -0.15) is 5.10 Å². The maximum absolute atomic E-state index is 10.7. The van der Waals surface area contributed by atoms with Gasteiger partial charge in [-0.15, -0.1) is 0 Å². The van der Waals surface area contributed by atoms with Gasteiger partial charge in [0.2, 0.25) is 5.95 Å². The summed E-state index contributed by atoms with van der Waals surface area (Å²) in [5.74, 6) is -0.0419. The molecule has 0 radical (unpaired) electrons. The van der Waals surface area contributed by atoms with Crippen molar-refractivity contribution in [3.63, 3.8) is 0 Å². The molecule has 1 aromatic heterocycles. The van der Waals surface area contributed by atoms with Gasteiger partial charge in [-0.3, -0.25) is 10.1 Å². The van der Waals surface area contributed by atoms with Gasteiger partial charge in [-0.1, -0.05) is 0 Å². The standard InChI is InChI=1S/C13H13N5O3/c1-8-5-9(2)16-13(15-8)17-14-7-10-3-4-12(19)11(6-10)18(20)21/h3-7,19H,1-2H3,(H,15,16,17)/b14-7-. The van der Waals surface area contributed by atoms with E-state index in [9.17, 15) is 15.2 Å². The summed E-state index contributed by atoms with van der Waals surface area (Å²) in [7, 11) is 0. The van der Waals surface area contributed by atoms with Crippen LogP contribution in [0.25, 0.3) is 0 Å². The maximum atomic E-state index is 10.7. The van der Waals surface area contributed by atoms with Gasteiger partial charge < -0.3 is 5.11 Å². The number of nitro groups is 1. The highest BCUT2D eigenvalue weighted by molar-refractivity contribution is 5.81. The number of rotatable bonds is 4. The summed E-state index contributed by atoms with van der Waals surface area (Å²) in [6, 6.07) is 5.81. The number of nitrogens with zero attached hydrogens (tertiary/aromatic N) is 4. The van der Waals surface area contributed by atoms with Crippen LogP contribution in [-0.4, -0.2) is 26.2 Å². The number of aromatic hydroxyl groups is 1. The molecule has 8 heteroatoms. The second-order valence-electron chi connectivity index (χ2n) is 4.35. The molecular weight excluding hydrogens is 274 g/mol. The smallest absolute Gasteiger partial charge is 0.311 e. The zero-order valence-corrected chi connectivity index (χ0v) is 11.4. The van der Waals surface area contributed by atoms with Crippen molar-refractivity contribution in [3.05, 3.63) is 51.3 Å². The number of nitro benzene ring substituents is 1. The SMILES string of the molecule is Cc1cc(C)nc(N/N=C\c2ccc(O)c([N+](=O)[O-])c2)n1. The van der Waals surface area contributed by atoms with Crippen molar-refractivity contribution >= 4 is 17.9 Å². The lowest BCUT2D eigenvalue weighted by atomic mass is 10.2. The first-order chi connectivity index (χ1) is 9.95. The van der Waals surface area contributed by atoms with Crippen LogP contribution in [-0.2, 0) is 0 Å². The molecule has 0 atom stereocenters. The van der Waals surface area contributed by atoms with Gasteiger partial charge in [0.1, 0.15) is 0 Å². The predicted octanol–water partition coefficient (Wildman–Crippen LogP) is 2.15. The zero-order valence-electron chi connectivity index (χ0n) is 11.4. The van der Waals surface area contributed by atoms with E-state index in [2.05, 4.69) is 20.5 Å². The fraction of sp³-hybridized carbons (Fsp3) is 0.154. The molecule has 0 bridgehead atoms. The number of hydrazone groups is 1. The number of aromatic nitrogens is 2. The third kappa shape index (κ3) is 3.72. The molecule has 0 amide bonds. The molecule has 0 aliphatic carbocycles. The molecule has 0 fully saturated rings. The Kier molecular flexibility index (Phi) is 4.07. The van der Waals surface area contributed by atoms with Crippen molar-refractivity contribution < 1.29 is 10.0 Å². The van der Waals surface area contributed by atoms with E-state index in [0.717, 1.165) is 11.4 Å². The Morgan fingerprint density at radius 3 is 2.57 bits per heavy atom. The third-order valence-corrected chi connectivity index (χ3v) is 2.56. The van der Waals surface area contributed by atoms with Crippen LogP contribution in [0.1, 0.15) is 17.0 Å². The summed E-state index contributed by atoms with van der Waals surface area (Å²) in [4.78, 5) is 18.3. The van der Waals surface area contributed by atoms with Crippen molar-refractivity contribution in [1.29, 1.82) is 0 Å². The Morgan fingerprint density at radius 1 is 1.29 bits per heavy atom. The fourth-order valence-corrected chi connectivity index (χ4v) is 1.71. The number of nitrogens with one attached hydrogen (secondary N) is 1. The Bertz CT molecular complexity index is 695. The Balaban J connectivity index is 2.14.